The molecule has 0 unspecified atom stereocenters. The van der Waals surface area contributed by atoms with Crippen LogP contribution in [0.3, 0.4) is 0 Å². The van der Waals surface area contributed by atoms with E-state index in [0.717, 1.165) is 0 Å². The van der Waals surface area contributed by atoms with Crippen molar-refractivity contribution in [2.24, 2.45) is 0 Å². The maximum absolute atomic E-state index is 7.75. The predicted molar refractivity (Wildman–Crippen MR) is 156 cm³/mol. The van der Waals surface area contributed by atoms with E-state index >= 15 is 0 Å². The van der Waals surface area contributed by atoms with Gasteiger partial charge in [0.2, 0.25) is 0 Å². The van der Waals surface area contributed by atoms with E-state index in [2.05, 4.69) is 61.9 Å². The quantitative estimate of drug-likeness (QED) is 0.0693. The molecule has 1 radical (unpaired) electrons. The van der Waals surface area contributed by atoms with Crippen molar-refractivity contribution in [2.45, 2.75) is 119 Å². The van der Waals surface area contributed by atoms with Crippen molar-refractivity contribution in [2.75, 3.05) is 37.0 Å². The summed E-state index contributed by atoms with van der Waals surface area (Å²) in [5.41, 5.74) is 0. The van der Waals surface area contributed by atoms with Crippen LogP contribution in [0.1, 0.15) is 119 Å². The predicted octanol–water partition coefficient (Wildman–Crippen LogP) is 8.38. The zero-order valence-electron chi connectivity index (χ0n) is 23.0. The molecule has 0 aromatic carbocycles. The molecule has 0 spiro atoms. The maximum atomic E-state index is 7.75. The molecule has 0 atom stereocenters. The summed E-state index contributed by atoms with van der Waals surface area (Å²) >= 11 is 0. The van der Waals surface area contributed by atoms with Gasteiger partial charge in [0.1, 0.15) is 0 Å². The molecular weight excluding hydrogens is 535 g/mol. The van der Waals surface area contributed by atoms with Crippen LogP contribution < -0.4 is 0 Å². The Kier molecular flexibility index (Phi) is 76.2. The van der Waals surface area contributed by atoms with Gasteiger partial charge < -0.3 is 14.4 Å². The van der Waals surface area contributed by atoms with E-state index in [9.17, 15) is 0 Å². The minimum atomic E-state index is 0. The molecule has 0 bridgehead atoms. The van der Waals surface area contributed by atoms with Gasteiger partial charge in [-0.05, 0) is 38.5 Å². The van der Waals surface area contributed by atoms with Gasteiger partial charge in [-0.25, -0.2) is 0 Å². The average Bonchev–Trinajstić information content (AvgIpc) is 2.87. The van der Waals surface area contributed by atoms with E-state index < -0.39 is 0 Å². The molecule has 0 N–H and O–H groups in total. The summed E-state index contributed by atoms with van der Waals surface area (Å²) in [5, 5.41) is 0. The van der Waals surface area contributed by atoms with Crippen LogP contribution in [0.2, 0.25) is 0 Å². The van der Waals surface area contributed by atoms with E-state index in [-0.39, 0.29) is 35.3 Å². The third kappa shape index (κ3) is 50.4. The van der Waals surface area contributed by atoms with Crippen molar-refractivity contribution in [1.82, 2.24) is 0 Å². The number of unbranched alkanes of at least 4 members (excludes halogenated alkanes) is 6. The van der Waals surface area contributed by atoms with E-state index in [0.29, 0.717) is 0 Å². The molecule has 0 aromatic rings. The summed E-state index contributed by atoms with van der Waals surface area (Å²) in [6, 6.07) is 0. The maximum Gasteiger partial charge on any atom is 3.00 e. The van der Waals surface area contributed by atoms with Crippen molar-refractivity contribution < 1.29 is 33.9 Å². The summed E-state index contributed by atoms with van der Waals surface area (Å²) in [5.74, 6) is 0. The van der Waals surface area contributed by atoms with Gasteiger partial charge in [-0.1, -0.05) is 80.1 Å². The van der Waals surface area contributed by atoms with Crippen LogP contribution in [0.4, 0.5) is 0 Å². The molecule has 6 heteroatoms. The van der Waals surface area contributed by atoms with Gasteiger partial charge in [0, 0.05) is 15.8 Å². The molecule has 0 fully saturated rings. The second kappa shape index (κ2) is 53.7. The van der Waals surface area contributed by atoms with Crippen LogP contribution in [-0.2, 0) is 33.9 Å². The fourth-order valence-electron chi connectivity index (χ4n) is 3.31. The first kappa shape index (κ1) is 46.8. The first-order valence-electron chi connectivity index (χ1n) is 13.1. The van der Waals surface area contributed by atoms with Gasteiger partial charge >= 0.3 is 19.5 Å². The third-order valence-electron chi connectivity index (χ3n) is 5.30. The van der Waals surface area contributed by atoms with Crippen LogP contribution in [0.15, 0.2) is 0 Å². The molecule has 0 rings (SSSR count). The summed E-state index contributed by atoms with van der Waals surface area (Å²) in [7, 11) is 0.135. The summed E-state index contributed by atoms with van der Waals surface area (Å²) in [4.78, 5) is 23.2. The van der Waals surface area contributed by atoms with Gasteiger partial charge in [0.05, 0.1) is 37.0 Å². The van der Waals surface area contributed by atoms with E-state index in [1.807, 2.05) is 0 Å². The number of hydrogen-bond donors (Lipinski definition) is 0. The normalized spacial score (nSPS) is 9.09. The summed E-state index contributed by atoms with van der Waals surface area (Å²) in [6.07, 6.45) is 26.8. The van der Waals surface area contributed by atoms with Crippen LogP contribution in [-0.4, -0.2) is 57.3 Å². The molecule has 0 aliphatic rings. The smallest absolute Gasteiger partial charge is 0.545 e. The minimum Gasteiger partial charge on any atom is -0.545 e. The Morgan fingerprint density at radius 2 is 0.485 bits per heavy atom. The van der Waals surface area contributed by atoms with Crippen molar-refractivity contribution >= 4 is 36.2 Å². The second-order valence-corrected chi connectivity index (χ2v) is 14.1. The van der Waals surface area contributed by atoms with Crippen molar-refractivity contribution in [3.63, 3.8) is 0 Å². The van der Waals surface area contributed by atoms with Gasteiger partial charge in [0.15, 0.2) is 0 Å². The van der Waals surface area contributed by atoms with Crippen LogP contribution in [0.25, 0.3) is 0 Å². The zero-order chi connectivity index (χ0) is 25.9. The van der Waals surface area contributed by atoms with Gasteiger partial charge in [-0.3, -0.25) is 20.4 Å². The Balaban J connectivity index is -0.0000000875. The number of rotatable bonds is 18. The molecule has 0 saturated heterocycles. The molecule has 3 nitrogen and oxygen atoms in total. The molecule has 33 heavy (non-hydrogen) atoms. The minimum absolute atomic E-state index is 0. The SMILES string of the molecule is CCCC[PH+](CCCC)CCCC.CCCC[PH+](CCCC)CCCC.[CH-]=O.[CH-]=O.[CH-]=O.[Ru+3]. The van der Waals surface area contributed by atoms with Crippen molar-refractivity contribution in [1.29, 1.82) is 0 Å². The first-order chi connectivity index (χ1) is 15.7. The van der Waals surface area contributed by atoms with E-state index in [1.165, 1.54) is 77.0 Å². The molecule has 201 valence electrons. The molecule has 0 aliphatic carbocycles. The van der Waals surface area contributed by atoms with Crippen LogP contribution in [0, 0.1) is 0 Å². The van der Waals surface area contributed by atoms with E-state index in [4.69, 9.17) is 14.4 Å². The summed E-state index contributed by atoms with van der Waals surface area (Å²) < 4.78 is 0. The van der Waals surface area contributed by atoms with Crippen molar-refractivity contribution in [3.05, 3.63) is 0 Å². The largest absolute Gasteiger partial charge is 3.00 e. The molecule has 0 amide bonds. The second-order valence-electron chi connectivity index (χ2n) is 8.12. The van der Waals surface area contributed by atoms with Gasteiger partial charge in [-0.15, -0.1) is 0 Å². The van der Waals surface area contributed by atoms with Crippen LogP contribution in [0.5, 0.6) is 0 Å². The Hall–Kier alpha value is 0.493. The Morgan fingerprint density at radius 3 is 0.576 bits per heavy atom. The van der Waals surface area contributed by atoms with Crippen LogP contribution >= 0.6 is 15.8 Å². The molecule has 0 aromatic heterocycles. The fourth-order valence-corrected chi connectivity index (χ4v) is 9.93. The van der Waals surface area contributed by atoms with Gasteiger partial charge in [0.25, 0.3) is 0 Å². The average molecular weight is 595 g/mol. The number of carbonyl (C=O) groups excluding carboxylic acids is 3. The first-order valence-corrected chi connectivity index (χ1v) is 17.3. The zero-order valence-corrected chi connectivity index (χ0v) is 26.8. The molecule has 0 saturated carbocycles. The van der Waals surface area contributed by atoms with Crippen molar-refractivity contribution in [3.8, 4) is 0 Å². The Bertz CT molecular complexity index is 221. The summed E-state index contributed by atoms with van der Waals surface area (Å²) in [6.45, 7) is 23.7. The molecule has 0 aliphatic heterocycles. The van der Waals surface area contributed by atoms with Gasteiger partial charge in [-0.2, -0.15) is 0 Å². The molecular formula is C27H59O3P2Ru+2. The number of hydrogen-bond acceptors (Lipinski definition) is 3. The monoisotopic (exact) mass is 595 g/mol. The van der Waals surface area contributed by atoms with E-state index in [1.54, 1.807) is 37.0 Å². The topological polar surface area (TPSA) is 51.2 Å². The molecule has 0 heterocycles. The Labute approximate surface area is 225 Å². The third-order valence-corrected chi connectivity index (χ3v) is 11.7. The Morgan fingerprint density at radius 1 is 0.364 bits per heavy atom. The standard InChI is InChI=1S/2C12H27P.3CHO.Ru/c2*1-4-7-10-13(11-8-5-2)12-9-6-3;3*1-2;/h2*4-12H2,1-3H3;3*1H;/q;;3*-1;+3/p+2. The fraction of sp³-hybridized carbons (Fsp3) is 0.889.